The second kappa shape index (κ2) is 7.29. The minimum atomic E-state index is 0.238. The van der Waals surface area contributed by atoms with Crippen molar-refractivity contribution in [3.05, 3.63) is 35.5 Å². The first-order valence-electron chi connectivity index (χ1n) is 11.8. The highest BCUT2D eigenvalue weighted by molar-refractivity contribution is 5.92. The highest BCUT2D eigenvalue weighted by atomic mass is 16.1. The first-order valence-corrected chi connectivity index (χ1v) is 11.8. The summed E-state index contributed by atoms with van der Waals surface area (Å²) in [6.45, 7) is 12.1. The van der Waals surface area contributed by atoms with E-state index in [4.69, 9.17) is 0 Å². The molecule has 0 saturated heterocycles. The van der Waals surface area contributed by atoms with E-state index < -0.39 is 0 Å². The van der Waals surface area contributed by atoms with Crippen molar-refractivity contribution < 1.29 is 4.79 Å². The van der Waals surface area contributed by atoms with E-state index >= 15 is 0 Å². The Morgan fingerprint density at radius 1 is 1.18 bits per heavy atom. The van der Waals surface area contributed by atoms with Crippen LogP contribution >= 0.6 is 0 Å². The molecule has 0 bridgehead atoms. The van der Waals surface area contributed by atoms with Crippen molar-refractivity contribution in [2.45, 2.75) is 86.0 Å². The molecule has 154 valence electrons. The van der Waals surface area contributed by atoms with E-state index in [2.05, 4.69) is 52.8 Å². The minimum absolute atomic E-state index is 0.238. The quantitative estimate of drug-likeness (QED) is 0.468. The fraction of sp³-hybridized carbons (Fsp3) is 0.741. The molecule has 0 heterocycles. The molecule has 4 rings (SSSR count). The summed E-state index contributed by atoms with van der Waals surface area (Å²) in [6, 6.07) is 0. The molecule has 0 spiro atoms. The topological polar surface area (TPSA) is 17.1 Å². The van der Waals surface area contributed by atoms with Gasteiger partial charge in [0, 0.05) is 6.42 Å². The monoisotopic (exact) mass is 380 g/mol. The molecule has 2 unspecified atom stereocenters. The van der Waals surface area contributed by atoms with Crippen LogP contribution in [-0.2, 0) is 4.79 Å². The van der Waals surface area contributed by atoms with Crippen LogP contribution in [-0.4, -0.2) is 5.78 Å². The Kier molecular flexibility index (Phi) is 5.26. The van der Waals surface area contributed by atoms with Crippen molar-refractivity contribution in [1.29, 1.82) is 0 Å². The number of ketones is 1. The van der Waals surface area contributed by atoms with Crippen LogP contribution in [0.2, 0.25) is 0 Å². The van der Waals surface area contributed by atoms with Gasteiger partial charge in [0.2, 0.25) is 0 Å². The smallest absolute Gasteiger partial charge is 0.156 e. The maximum absolute atomic E-state index is 12.0. The van der Waals surface area contributed by atoms with Gasteiger partial charge in [0.25, 0.3) is 0 Å². The van der Waals surface area contributed by atoms with Crippen molar-refractivity contribution in [3.8, 4) is 0 Å². The first-order chi connectivity index (χ1) is 13.3. The van der Waals surface area contributed by atoms with Crippen molar-refractivity contribution >= 4 is 5.78 Å². The molecule has 1 nitrogen and oxygen atoms in total. The molecule has 0 radical (unpaired) electrons. The lowest BCUT2D eigenvalue weighted by molar-refractivity contribution is -0.116. The van der Waals surface area contributed by atoms with Gasteiger partial charge in [-0.2, -0.15) is 0 Å². The summed E-state index contributed by atoms with van der Waals surface area (Å²) < 4.78 is 0. The molecule has 0 aliphatic heterocycles. The van der Waals surface area contributed by atoms with Crippen molar-refractivity contribution in [1.82, 2.24) is 0 Å². The third kappa shape index (κ3) is 3.17. The van der Waals surface area contributed by atoms with E-state index in [1.807, 2.05) is 6.08 Å². The van der Waals surface area contributed by atoms with Crippen LogP contribution in [0.15, 0.2) is 35.5 Å². The fourth-order valence-electron chi connectivity index (χ4n) is 7.81. The Hall–Kier alpha value is -1.11. The third-order valence-corrected chi connectivity index (χ3v) is 9.45. The molecule has 0 aromatic carbocycles. The second-order valence-electron chi connectivity index (χ2n) is 11.2. The van der Waals surface area contributed by atoms with Gasteiger partial charge < -0.3 is 0 Å². The molecule has 0 aromatic heterocycles. The summed E-state index contributed by atoms with van der Waals surface area (Å²) in [5.74, 6) is 4.36. The van der Waals surface area contributed by atoms with Gasteiger partial charge in [0.1, 0.15) is 0 Å². The summed E-state index contributed by atoms with van der Waals surface area (Å²) in [7, 11) is 0. The predicted molar refractivity (Wildman–Crippen MR) is 118 cm³/mol. The third-order valence-electron chi connectivity index (χ3n) is 9.45. The van der Waals surface area contributed by atoms with Crippen molar-refractivity contribution in [3.63, 3.8) is 0 Å². The number of carbonyl (C=O) groups is 1. The van der Waals surface area contributed by atoms with Crippen LogP contribution in [0, 0.1) is 40.4 Å². The Morgan fingerprint density at radius 2 is 1.96 bits per heavy atom. The maximum Gasteiger partial charge on any atom is 0.156 e. The fourth-order valence-corrected chi connectivity index (χ4v) is 7.81. The van der Waals surface area contributed by atoms with Crippen LogP contribution in [0.3, 0.4) is 0 Å². The molecule has 1 heteroatoms. The number of hydrogen-bond donors (Lipinski definition) is 0. The number of fused-ring (bicyclic) bond motifs is 5. The Labute approximate surface area is 172 Å². The molecule has 0 aromatic rings. The number of rotatable bonds is 4. The molecule has 0 N–H and O–H groups in total. The molecule has 2 fully saturated rings. The predicted octanol–water partition coefficient (Wildman–Crippen LogP) is 7.29. The summed E-state index contributed by atoms with van der Waals surface area (Å²) in [5.41, 5.74) is 3.54. The molecule has 2 saturated carbocycles. The summed E-state index contributed by atoms with van der Waals surface area (Å²) in [6.07, 6.45) is 19.2. The van der Waals surface area contributed by atoms with E-state index in [0.29, 0.717) is 11.2 Å². The lowest BCUT2D eigenvalue weighted by Crippen LogP contribution is -2.49. The van der Waals surface area contributed by atoms with Gasteiger partial charge in [-0.1, -0.05) is 44.6 Å². The zero-order valence-electron chi connectivity index (χ0n) is 18.8. The Balaban J connectivity index is 1.55. The largest absolute Gasteiger partial charge is 0.295 e. The molecule has 7 atom stereocenters. The number of carbonyl (C=O) groups excluding carboxylic acids is 1. The second-order valence-corrected chi connectivity index (χ2v) is 11.2. The van der Waals surface area contributed by atoms with Crippen molar-refractivity contribution in [2.24, 2.45) is 40.4 Å². The first kappa shape index (κ1) is 20.2. The Morgan fingerprint density at radius 3 is 2.71 bits per heavy atom. The highest BCUT2D eigenvalue weighted by Gasteiger charge is 2.58. The molecular weight excluding hydrogens is 340 g/mol. The van der Waals surface area contributed by atoms with Gasteiger partial charge in [-0.25, -0.2) is 0 Å². The average molecular weight is 381 g/mol. The van der Waals surface area contributed by atoms with Crippen LogP contribution < -0.4 is 0 Å². The van der Waals surface area contributed by atoms with Crippen molar-refractivity contribution in [2.75, 3.05) is 0 Å². The zero-order chi connectivity index (χ0) is 20.1. The van der Waals surface area contributed by atoms with Gasteiger partial charge >= 0.3 is 0 Å². The molecule has 28 heavy (non-hydrogen) atoms. The van der Waals surface area contributed by atoms with Crippen LogP contribution in [0.25, 0.3) is 0 Å². The van der Waals surface area contributed by atoms with Gasteiger partial charge in [-0.15, -0.1) is 0 Å². The molecule has 4 aliphatic rings. The normalized spacial score (nSPS) is 42.9. The maximum atomic E-state index is 12.0. The number of allylic oxidation sites excluding steroid dienone is 6. The number of hydrogen-bond acceptors (Lipinski definition) is 1. The van der Waals surface area contributed by atoms with Gasteiger partial charge in [0.15, 0.2) is 5.78 Å². The van der Waals surface area contributed by atoms with Crippen LogP contribution in [0.1, 0.15) is 86.0 Å². The average Bonchev–Trinajstić information content (AvgIpc) is 2.99. The van der Waals surface area contributed by atoms with E-state index in [9.17, 15) is 4.79 Å². The van der Waals surface area contributed by atoms with E-state index in [1.54, 1.807) is 0 Å². The zero-order valence-corrected chi connectivity index (χ0v) is 18.8. The van der Waals surface area contributed by atoms with E-state index in [0.717, 1.165) is 42.4 Å². The standard InChI is InChI=1S/C27H40O/c1-18(2)7-6-8-19(3)23-11-12-24-22-10-9-20-17-21(28)13-15-26(20,4)25(22)14-16-27(23,24)5/h7,9-10,17,19,22-25H,6,8,11-16H2,1-5H3/t19-,22?,23-,24+,25+,26?,27-/m1/s1. The van der Waals surface area contributed by atoms with Gasteiger partial charge in [-0.05, 0) is 111 Å². The summed E-state index contributed by atoms with van der Waals surface area (Å²) in [5, 5.41) is 0. The highest BCUT2D eigenvalue weighted by Crippen LogP contribution is 2.66. The van der Waals surface area contributed by atoms with E-state index in [-0.39, 0.29) is 5.41 Å². The van der Waals surface area contributed by atoms with Gasteiger partial charge in [0.05, 0.1) is 0 Å². The molecule has 4 aliphatic carbocycles. The SMILES string of the molecule is CC(C)=CCC[C@@H](C)[C@H]1CC[C@H]2C3C=CC4=CC(=O)CCC4(C)[C@H]3CC[C@]12C. The molecular formula is C27H40O. The summed E-state index contributed by atoms with van der Waals surface area (Å²) in [4.78, 5) is 12.0. The minimum Gasteiger partial charge on any atom is -0.295 e. The van der Waals surface area contributed by atoms with Crippen LogP contribution in [0.4, 0.5) is 0 Å². The Bertz CT molecular complexity index is 721. The lowest BCUT2D eigenvalue weighted by Gasteiger charge is -2.56. The molecule has 0 amide bonds. The van der Waals surface area contributed by atoms with Gasteiger partial charge in [-0.3, -0.25) is 4.79 Å². The summed E-state index contributed by atoms with van der Waals surface area (Å²) >= 11 is 0. The lowest BCUT2D eigenvalue weighted by atomic mass is 9.48. The van der Waals surface area contributed by atoms with Crippen LogP contribution in [0.5, 0.6) is 0 Å². The van der Waals surface area contributed by atoms with E-state index in [1.165, 1.54) is 49.7 Å².